The molecule has 0 spiro atoms. The normalized spacial score (nSPS) is 14.0. The molecule has 0 saturated carbocycles. The molecule has 0 aliphatic rings. The Morgan fingerprint density at radius 1 is 1.20 bits per heavy atom. The quantitative estimate of drug-likeness (QED) is 0.655. The van der Waals surface area contributed by atoms with Crippen LogP contribution in [0.1, 0.15) is 12.5 Å². The molecule has 1 amide bonds. The number of carbonyl (C=O) groups excluding carboxylic acids is 1. The fourth-order valence-corrected chi connectivity index (χ4v) is 3.03. The molecule has 3 nitrogen and oxygen atoms in total. The molecule has 2 N–H and O–H groups in total. The lowest BCUT2D eigenvalue weighted by atomic mass is 10.1. The number of hydrogen-bond donors (Lipinski definition) is 2. The number of amides is 1. The van der Waals surface area contributed by atoms with Crippen molar-refractivity contribution in [2.75, 3.05) is 11.1 Å². The van der Waals surface area contributed by atoms with Crippen LogP contribution in [0.2, 0.25) is 0 Å². The summed E-state index contributed by atoms with van der Waals surface area (Å²) in [6.07, 6.45) is -4.50. The van der Waals surface area contributed by atoms with Gasteiger partial charge in [0.2, 0.25) is 0 Å². The smallest absolute Gasteiger partial charge is 0.379 e. The fourth-order valence-electron chi connectivity index (χ4n) is 1.86. The monoisotopic (exact) mass is 433 g/mol. The molecular weight excluding hydrogens is 419 g/mol. The molecule has 0 aromatic heterocycles. The van der Waals surface area contributed by atoms with Crippen molar-refractivity contribution in [1.82, 2.24) is 0 Å². The van der Waals surface area contributed by atoms with Crippen LogP contribution >= 0.6 is 27.7 Å². The Hall–Kier alpha value is -1.51. The van der Waals surface area contributed by atoms with Gasteiger partial charge in [0, 0.05) is 20.8 Å². The van der Waals surface area contributed by atoms with Gasteiger partial charge in [-0.3, -0.25) is 4.79 Å². The first-order valence-electron chi connectivity index (χ1n) is 7.17. The molecule has 2 rings (SSSR count). The summed E-state index contributed by atoms with van der Waals surface area (Å²) in [7, 11) is 0. The molecule has 0 aliphatic heterocycles. The highest BCUT2D eigenvalue weighted by Crippen LogP contribution is 2.31. The molecule has 134 valence electrons. The van der Waals surface area contributed by atoms with Gasteiger partial charge in [0.05, 0.1) is 5.56 Å². The van der Waals surface area contributed by atoms with Crippen LogP contribution in [0.3, 0.4) is 0 Å². The molecule has 0 radical (unpaired) electrons. The Balaban J connectivity index is 2.02. The predicted octanol–water partition coefficient (Wildman–Crippen LogP) is 4.95. The van der Waals surface area contributed by atoms with E-state index in [1.54, 1.807) is 0 Å². The van der Waals surface area contributed by atoms with Crippen molar-refractivity contribution in [2.24, 2.45) is 0 Å². The van der Waals surface area contributed by atoms with Crippen LogP contribution in [0, 0.1) is 0 Å². The van der Waals surface area contributed by atoms with Crippen molar-refractivity contribution >= 4 is 39.3 Å². The number of rotatable bonds is 5. The van der Waals surface area contributed by atoms with E-state index in [2.05, 4.69) is 21.2 Å². The van der Waals surface area contributed by atoms with Crippen LogP contribution in [0.15, 0.2) is 57.9 Å². The van der Waals surface area contributed by atoms with Gasteiger partial charge in [-0.05, 0) is 49.4 Å². The van der Waals surface area contributed by atoms with E-state index in [1.165, 1.54) is 30.8 Å². The Morgan fingerprint density at radius 2 is 1.84 bits per heavy atom. The SMILES string of the molecule is C[C@](O)(CSc1ccc(Br)cc1)C(=O)Nc1cccc(C(F)(F)F)c1. The molecule has 0 saturated heterocycles. The highest BCUT2D eigenvalue weighted by atomic mass is 79.9. The number of halogens is 4. The zero-order chi connectivity index (χ0) is 18.7. The van der Waals surface area contributed by atoms with Gasteiger partial charge in [-0.2, -0.15) is 13.2 Å². The minimum atomic E-state index is -4.50. The van der Waals surface area contributed by atoms with E-state index in [0.717, 1.165) is 21.5 Å². The molecule has 25 heavy (non-hydrogen) atoms. The second-order valence-electron chi connectivity index (χ2n) is 5.55. The molecule has 0 bridgehead atoms. The molecule has 2 aromatic carbocycles. The number of hydrogen-bond acceptors (Lipinski definition) is 3. The van der Waals surface area contributed by atoms with Crippen LogP contribution < -0.4 is 5.32 Å². The average Bonchev–Trinajstić information content (AvgIpc) is 2.54. The Bertz CT molecular complexity index is 748. The van der Waals surface area contributed by atoms with Crippen molar-refractivity contribution in [3.05, 3.63) is 58.6 Å². The first-order valence-corrected chi connectivity index (χ1v) is 8.95. The number of aliphatic hydroxyl groups is 1. The fraction of sp³-hybridized carbons (Fsp3) is 0.235. The van der Waals surface area contributed by atoms with E-state index in [9.17, 15) is 23.1 Å². The minimum absolute atomic E-state index is 0.0197. The number of anilines is 1. The maximum absolute atomic E-state index is 12.7. The van der Waals surface area contributed by atoms with Gasteiger partial charge in [0.1, 0.15) is 5.60 Å². The summed E-state index contributed by atoms with van der Waals surface area (Å²) >= 11 is 4.58. The Morgan fingerprint density at radius 3 is 2.44 bits per heavy atom. The van der Waals surface area contributed by atoms with E-state index in [-0.39, 0.29) is 11.4 Å². The molecule has 0 fully saturated rings. The number of alkyl halides is 3. The highest BCUT2D eigenvalue weighted by molar-refractivity contribution is 9.10. The second kappa shape index (κ2) is 7.80. The number of nitrogens with one attached hydrogen (secondary N) is 1. The molecule has 2 aromatic rings. The van der Waals surface area contributed by atoms with E-state index >= 15 is 0 Å². The van der Waals surface area contributed by atoms with E-state index < -0.39 is 23.2 Å². The summed E-state index contributed by atoms with van der Waals surface area (Å²) in [5.74, 6) is -0.712. The highest BCUT2D eigenvalue weighted by Gasteiger charge is 2.32. The van der Waals surface area contributed by atoms with Gasteiger partial charge in [0.15, 0.2) is 0 Å². The van der Waals surface area contributed by atoms with Gasteiger partial charge in [-0.1, -0.05) is 22.0 Å². The van der Waals surface area contributed by atoms with Crippen LogP contribution in [0.25, 0.3) is 0 Å². The van der Waals surface area contributed by atoms with Crippen LogP contribution in [-0.4, -0.2) is 22.4 Å². The van der Waals surface area contributed by atoms with E-state index in [4.69, 9.17) is 0 Å². The van der Waals surface area contributed by atoms with Gasteiger partial charge in [-0.25, -0.2) is 0 Å². The lowest BCUT2D eigenvalue weighted by molar-refractivity contribution is -0.137. The van der Waals surface area contributed by atoms with Crippen LogP contribution in [0.5, 0.6) is 0 Å². The van der Waals surface area contributed by atoms with Crippen molar-refractivity contribution in [2.45, 2.75) is 23.6 Å². The number of benzene rings is 2. The minimum Gasteiger partial charge on any atom is -0.379 e. The van der Waals surface area contributed by atoms with Crippen molar-refractivity contribution in [3.63, 3.8) is 0 Å². The summed E-state index contributed by atoms with van der Waals surface area (Å²) < 4.78 is 39.0. The Kier molecular flexibility index (Phi) is 6.18. The molecule has 0 aliphatic carbocycles. The first kappa shape index (κ1) is 19.8. The third-order valence-electron chi connectivity index (χ3n) is 3.27. The molecular formula is C17H15BrF3NO2S. The third-order valence-corrected chi connectivity index (χ3v) is 5.11. The maximum atomic E-state index is 12.7. The molecule has 1 atom stereocenters. The number of thioether (sulfide) groups is 1. The van der Waals surface area contributed by atoms with Crippen LogP contribution in [0.4, 0.5) is 18.9 Å². The van der Waals surface area contributed by atoms with Gasteiger partial charge >= 0.3 is 6.18 Å². The van der Waals surface area contributed by atoms with Gasteiger partial charge in [-0.15, -0.1) is 11.8 Å². The van der Waals surface area contributed by atoms with Gasteiger partial charge in [0.25, 0.3) is 5.91 Å². The topological polar surface area (TPSA) is 49.3 Å². The van der Waals surface area contributed by atoms with E-state index in [1.807, 2.05) is 24.3 Å². The molecule has 8 heteroatoms. The Labute approximate surface area is 155 Å². The first-order chi connectivity index (χ1) is 11.6. The third kappa shape index (κ3) is 5.76. The zero-order valence-corrected chi connectivity index (χ0v) is 15.5. The average molecular weight is 434 g/mol. The molecule has 0 heterocycles. The molecule has 0 unspecified atom stereocenters. The second-order valence-corrected chi connectivity index (χ2v) is 7.51. The standard InChI is InChI=1S/C17H15BrF3NO2S/c1-16(24,10-25-14-7-5-12(18)6-8-14)15(23)22-13-4-2-3-11(9-13)17(19,20)21/h2-9,24H,10H2,1H3,(H,22,23)/t16-/m0/s1. The largest absolute Gasteiger partial charge is 0.416 e. The lowest BCUT2D eigenvalue weighted by Gasteiger charge is -2.22. The summed E-state index contributed by atoms with van der Waals surface area (Å²) in [6.45, 7) is 1.32. The summed E-state index contributed by atoms with van der Waals surface area (Å²) in [5.41, 5.74) is -2.63. The zero-order valence-electron chi connectivity index (χ0n) is 13.1. The van der Waals surface area contributed by atoms with Gasteiger partial charge < -0.3 is 10.4 Å². The summed E-state index contributed by atoms with van der Waals surface area (Å²) in [4.78, 5) is 13.1. The summed E-state index contributed by atoms with van der Waals surface area (Å²) in [5, 5.41) is 12.7. The summed E-state index contributed by atoms with van der Waals surface area (Å²) in [6, 6.07) is 11.6. The van der Waals surface area contributed by atoms with Crippen molar-refractivity contribution < 1.29 is 23.1 Å². The maximum Gasteiger partial charge on any atom is 0.416 e. The van der Waals surface area contributed by atoms with Crippen LogP contribution in [-0.2, 0) is 11.0 Å². The van der Waals surface area contributed by atoms with Crippen molar-refractivity contribution in [3.8, 4) is 0 Å². The van der Waals surface area contributed by atoms with E-state index in [0.29, 0.717) is 0 Å². The number of carbonyl (C=O) groups is 1. The lowest BCUT2D eigenvalue weighted by Crippen LogP contribution is -2.42. The van der Waals surface area contributed by atoms with Crippen molar-refractivity contribution in [1.29, 1.82) is 0 Å². The predicted molar refractivity (Wildman–Crippen MR) is 95.6 cm³/mol.